The molecule has 0 fully saturated rings. The number of benzene rings is 3. The van der Waals surface area contributed by atoms with Crippen molar-refractivity contribution in [3.8, 4) is 11.5 Å². The third-order valence-electron chi connectivity index (χ3n) is 5.91. The average molecular weight is 434 g/mol. The van der Waals surface area contributed by atoms with Crippen molar-refractivity contribution in [1.29, 1.82) is 0 Å². The van der Waals surface area contributed by atoms with E-state index in [-0.39, 0.29) is 25.2 Å². The first kappa shape index (κ1) is 19.3. The summed E-state index contributed by atoms with van der Waals surface area (Å²) in [5.74, 6) is 0.609. The lowest BCUT2D eigenvalue weighted by Gasteiger charge is -2.29. The van der Waals surface area contributed by atoms with E-state index in [9.17, 15) is 9.59 Å². The Bertz CT molecular complexity index is 1470. The van der Waals surface area contributed by atoms with E-state index in [1.165, 1.54) is 4.90 Å². The Morgan fingerprint density at radius 1 is 0.848 bits per heavy atom. The zero-order valence-electron chi connectivity index (χ0n) is 17.5. The fourth-order valence-electron chi connectivity index (χ4n) is 4.31. The van der Waals surface area contributed by atoms with Crippen LogP contribution in [-0.4, -0.2) is 28.5 Å². The fraction of sp³-hybridized carbons (Fsp3) is 0.0741. The molecule has 0 radical (unpaired) electrons. The van der Waals surface area contributed by atoms with Crippen LogP contribution in [0.5, 0.6) is 11.5 Å². The Hall–Kier alpha value is -4.45. The van der Waals surface area contributed by atoms with Gasteiger partial charge < -0.3 is 9.47 Å². The zero-order valence-corrected chi connectivity index (χ0v) is 17.5. The maximum absolute atomic E-state index is 13.6. The summed E-state index contributed by atoms with van der Waals surface area (Å²) in [6.45, 7) is 0.299. The molecule has 1 aromatic heterocycles. The van der Waals surface area contributed by atoms with E-state index in [4.69, 9.17) is 9.47 Å². The van der Waals surface area contributed by atoms with Crippen LogP contribution in [0.4, 0.5) is 0 Å². The quantitative estimate of drug-likeness (QED) is 0.346. The van der Waals surface area contributed by atoms with Crippen molar-refractivity contribution in [3.05, 3.63) is 101 Å². The summed E-state index contributed by atoms with van der Waals surface area (Å²) in [6, 6.07) is 22.4. The number of hydrogen-bond donors (Lipinski definition) is 0. The van der Waals surface area contributed by atoms with Crippen LogP contribution in [-0.2, 0) is 11.3 Å². The van der Waals surface area contributed by atoms with Gasteiger partial charge in [-0.25, -0.2) is 0 Å². The SMILES string of the molecule is O=C1/C(=C/c2cccc3cccnc23)c2ccccc2C(=O)N1Cc1ccc2c(c1)OCO2. The van der Waals surface area contributed by atoms with Crippen LogP contribution >= 0.6 is 0 Å². The lowest BCUT2D eigenvalue weighted by molar-refractivity contribution is -0.123. The monoisotopic (exact) mass is 434 g/mol. The van der Waals surface area contributed by atoms with Gasteiger partial charge in [0.05, 0.1) is 12.1 Å². The standard InChI is InChI=1S/C27H18N2O4/c30-26-21-9-2-1-8-20(21)22(14-19-6-3-5-18-7-4-12-28-25(18)19)27(31)29(26)15-17-10-11-23-24(13-17)33-16-32-23/h1-14H,15-16H2/b22-14+. The topological polar surface area (TPSA) is 68.7 Å². The van der Waals surface area contributed by atoms with Crippen LogP contribution in [0.1, 0.15) is 27.0 Å². The molecule has 0 atom stereocenters. The van der Waals surface area contributed by atoms with E-state index in [0.717, 1.165) is 22.0 Å². The Kier molecular flexibility index (Phi) is 4.43. The molecule has 2 aliphatic heterocycles. The molecule has 0 unspecified atom stereocenters. The summed E-state index contributed by atoms with van der Waals surface area (Å²) in [5.41, 5.74) is 4.00. The molecule has 0 N–H and O–H groups in total. The summed E-state index contributed by atoms with van der Waals surface area (Å²) in [5, 5.41) is 0.983. The number of carbonyl (C=O) groups excluding carboxylic acids is 2. The minimum atomic E-state index is -0.343. The van der Waals surface area contributed by atoms with E-state index in [1.54, 1.807) is 24.4 Å². The number of aromatic nitrogens is 1. The molecule has 3 aromatic carbocycles. The van der Waals surface area contributed by atoms with E-state index in [2.05, 4.69) is 4.98 Å². The molecule has 33 heavy (non-hydrogen) atoms. The van der Waals surface area contributed by atoms with Crippen molar-refractivity contribution in [2.75, 3.05) is 6.79 Å². The number of para-hydroxylation sites is 1. The number of ether oxygens (including phenoxy) is 2. The molecule has 6 rings (SSSR count). The molecule has 0 saturated carbocycles. The molecule has 6 nitrogen and oxygen atoms in total. The molecule has 3 heterocycles. The molecule has 2 aliphatic rings. The number of imide groups is 1. The first-order chi connectivity index (χ1) is 16.2. The van der Waals surface area contributed by atoms with E-state index >= 15 is 0 Å². The smallest absolute Gasteiger partial charge is 0.261 e. The van der Waals surface area contributed by atoms with Crippen molar-refractivity contribution in [2.45, 2.75) is 6.54 Å². The highest BCUT2D eigenvalue weighted by atomic mass is 16.7. The third-order valence-corrected chi connectivity index (χ3v) is 5.91. The van der Waals surface area contributed by atoms with E-state index in [0.29, 0.717) is 28.2 Å². The van der Waals surface area contributed by atoms with Crippen molar-refractivity contribution >= 4 is 34.4 Å². The average Bonchev–Trinajstić information content (AvgIpc) is 3.32. The predicted octanol–water partition coefficient (Wildman–Crippen LogP) is 4.69. The molecule has 160 valence electrons. The minimum absolute atomic E-state index is 0.133. The van der Waals surface area contributed by atoms with Gasteiger partial charge in [-0.05, 0) is 41.5 Å². The van der Waals surface area contributed by atoms with Crippen LogP contribution in [0.15, 0.2) is 79.0 Å². The molecule has 6 heteroatoms. The third kappa shape index (κ3) is 3.24. The molecule has 0 spiro atoms. The van der Waals surface area contributed by atoms with Crippen LogP contribution in [0.25, 0.3) is 22.6 Å². The highest BCUT2D eigenvalue weighted by molar-refractivity contribution is 6.34. The van der Waals surface area contributed by atoms with Gasteiger partial charge in [-0.15, -0.1) is 0 Å². The normalized spacial score (nSPS) is 15.9. The summed E-state index contributed by atoms with van der Waals surface area (Å²) < 4.78 is 10.8. The van der Waals surface area contributed by atoms with Crippen LogP contribution in [0, 0.1) is 0 Å². The zero-order chi connectivity index (χ0) is 22.4. The number of hydrogen-bond acceptors (Lipinski definition) is 5. The van der Waals surface area contributed by atoms with Gasteiger partial charge in [0.15, 0.2) is 11.5 Å². The summed E-state index contributed by atoms with van der Waals surface area (Å²) in [4.78, 5) is 32.7. The lowest BCUT2D eigenvalue weighted by atomic mass is 9.91. The number of amides is 2. The van der Waals surface area contributed by atoms with Crippen LogP contribution in [0.2, 0.25) is 0 Å². The first-order valence-corrected chi connectivity index (χ1v) is 10.6. The highest BCUT2D eigenvalue weighted by Gasteiger charge is 2.35. The molecular weight excluding hydrogens is 416 g/mol. The van der Waals surface area contributed by atoms with Gasteiger partial charge >= 0.3 is 0 Å². The van der Waals surface area contributed by atoms with Gasteiger partial charge in [0.1, 0.15) is 0 Å². The lowest BCUT2D eigenvalue weighted by Crippen LogP contribution is -2.41. The Morgan fingerprint density at radius 2 is 1.67 bits per heavy atom. The van der Waals surface area contributed by atoms with Gasteiger partial charge in [-0.3, -0.25) is 19.5 Å². The number of rotatable bonds is 3. The molecule has 0 aliphatic carbocycles. The largest absolute Gasteiger partial charge is 0.454 e. The van der Waals surface area contributed by atoms with Crippen LogP contribution in [0.3, 0.4) is 0 Å². The van der Waals surface area contributed by atoms with Gasteiger partial charge in [-0.2, -0.15) is 0 Å². The number of fused-ring (bicyclic) bond motifs is 3. The maximum Gasteiger partial charge on any atom is 0.261 e. The maximum atomic E-state index is 13.6. The first-order valence-electron chi connectivity index (χ1n) is 10.6. The summed E-state index contributed by atoms with van der Waals surface area (Å²) in [7, 11) is 0. The van der Waals surface area contributed by atoms with Gasteiger partial charge in [-0.1, -0.05) is 48.5 Å². The molecule has 2 amide bonds. The molecule has 0 saturated heterocycles. The van der Waals surface area contributed by atoms with Gasteiger partial charge in [0.2, 0.25) is 6.79 Å². The number of carbonyl (C=O) groups is 2. The Morgan fingerprint density at radius 3 is 2.58 bits per heavy atom. The second kappa shape index (κ2) is 7.60. The fourth-order valence-corrected chi connectivity index (χ4v) is 4.31. The number of pyridine rings is 1. The predicted molar refractivity (Wildman–Crippen MR) is 124 cm³/mol. The van der Waals surface area contributed by atoms with Crippen molar-refractivity contribution < 1.29 is 19.1 Å². The second-order valence-electron chi connectivity index (χ2n) is 7.91. The van der Waals surface area contributed by atoms with Crippen molar-refractivity contribution in [2.24, 2.45) is 0 Å². The van der Waals surface area contributed by atoms with Crippen molar-refractivity contribution in [3.63, 3.8) is 0 Å². The number of nitrogens with zero attached hydrogens (tertiary/aromatic N) is 2. The Labute approximate surface area is 189 Å². The van der Waals surface area contributed by atoms with Crippen LogP contribution < -0.4 is 9.47 Å². The second-order valence-corrected chi connectivity index (χ2v) is 7.91. The summed E-state index contributed by atoms with van der Waals surface area (Å²) >= 11 is 0. The molecule has 0 bridgehead atoms. The highest BCUT2D eigenvalue weighted by Crippen LogP contribution is 2.35. The van der Waals surface area contributed by atoms with Gasteiger partial charge in [0, 0.05) is 28.3 Å². The Balaban J connectivity index is 1.45. The minimum Gasteiger partial charge on any atom is -0.454 e. The summed E-state index contributed by atoms with van der Waals surface area (Å²) in [6.07, 6.45) is 3.56. The molecule has 4 aromatic rings. The van der Waals surface area contributed by atoms with E-state index < -0.39 is 0 Å². The molecular formula is C27H18N2O4. The van der Waals surface area contributed by atoms with Gasteiger partial charge in [0.25, 0.3) is 11.8 Å². The van der Waals surface area contributed by atoms with E-state index in [1.807, 2.05) is 60.7 Å². The van der Waals surface area contributed by atoms with Crippen molar-refractivity contribution in [1.82, 2.24) is 9.88 Å².